The molecule has 0 radical (unpaired) electrons. The Morgan fingerprint density at radius 1 is 1.33 bits per heavy atom. The number of rotatable bonds is 3. The number of ether oxygens (including phenoxy) is 1. The Balaban J connectivity index is 2.02. The van der Waals surface area contributed by atoms with Gasteiger partial charge in [-0.15, -0.1) is 0 Å². The summed E-state index contributed by atoms with van der Waals surface area (Å²) in [5, 5.41) is 3.33. The van der Waals surface area contributed by atoms with Crippen LogP contribution in [0.15, 0.2) is 18.2 Å². The second kappa shape index (κ2) is 7.43. The zero-order valence-corrected chi connectivity index (χ0v) is 15.4. The first-order valence-electron chi connectivity index (χ1n) is 8.16. The summed E-state index contributed by atoms with van der Waals surface area (Å²) in [6, 6.07) is 5.14. The van der Waals surface area contributed by atoms with E-state index in [0.29, 0.717) is 29.5 Å². The van der Waals surface area contributed by atoms with Gasteiger partial charge in [0.25, 0.3) is 0 Å². The van der Waals surface area contributed by atoms with Crippen LogP contribution in [0.4, 0.5) is 5.69 Å². The van der Waals surface area contributed by atoms with Crippen LogP contribution in [-0.2, 0) is 9.59 Å². The van der Waals surface area contributed by atoms with Crippen LogP contribution in [0, 0.1) is 11.3 Å². The number of nitrogens with one attached hydrogen (secondary N) is 1. The Hall–Kier alpha value is -1.75. The van der Waals surface area contributed by atoms with E-state index < -0.39 is 5.41 Å². The summed E-state index contributed by atoms with van der Waals surface area (Å²) in [5.74, 6) is 0.371. The number of halogens is 1. The van der Waals surface area contributed by atoms with Crippen LogP contribution in [0.2, 0.25) is 5.02 Å². The Bertz CT molecular complexity index is 625. The molecule has 1 atom stereocenters. The van der Waals surface area contributed by atoms with Gasteiger partial charge in [-0.3, -0.25) is 9.59 Å². The number of carbonyl (C=O) groups excluding carboxylic acids is 2. The van der Waals surface area contributed by atoms with E-state index in [0.717, 1.165) is 12.8 Å². The molecular weight excluding hydrogens is 328 g/mol. The van der Waals surface area contributed by atoms with Gasteiger partial charge in [0.1, 0.15) is 5.75 Å². The van der Waals surface area contributed by atoms with Crippen LogP contribution >= 0.6 is 11.6 Å². The van der Waals surface area contributed by atoms with E-state index in [9.17, 15) is 9.59 Å². The molecule has 2 amide bonds. The highest BCUT2D eigenvalue weighted by Crippen LogP contribution is 2.28. The highest BCUT2D eigenvalue weighted by Gasteiger charge is 2.33. The lowest BCUT2D eigenvalue weighted by Gasteiger charge is -2.35. The minimum Gasteiger partial charge on any atom is -0.495 e. The average molecular weight is 353 g/mol. The van der Waals surface area contributed by atoms with Gasteiger partial charge in [0, 0.05) is 24.2 Å². The number of anilines is 1. The quantitative estimate of drug-likeness (QED) is 0.904. The third-order valence-corrected chi connectivity index (χ3v) is 4.44. The van der Waals surface area contributed by atoms with Crippen molar-refractivity contribution in [2.75, 3.05) is 25.5 Å². The molecule has 6 heteroatoms. The van der Waals surface area contributed by atoms with Crippen LogP contribution < -0.4 is 10.1 Å². The number of amides is 2. The lowest BCUT2D eigenvalue weighted by molar-refractivity contribution is -0.142. The van der Waals surface area contributed by atoms with Gasteiger partial charge in [0.2, 0.25) is 11.8 Å². The van der Waals surface area contributed by atoms with Gasteiger partial charge in [-0.25, -0.2) is 0 Å². The van der Waals surface area contributed by atoms with Crippen LogP contribution in [0.1, 0.15) is 33.6 Å². The molecule has 0 saturated carbocycles. The van der Waals surface area contributed by atoms with Gasteiger partial charge in [0.05, 0.1) is 18.1 Å². The zero-order valence-electron chi connectivity index (χ0n) is 14.7. The Labute approximate surface area is 148 Å². The summed E-state index contributed by atoms with van der Waals surface area (Å²) in [5.41, 5.74) is 0.201. The van der Waals surface area contributed by atoms with Crippen molar-refractivity contribution in [3.63, 3.8) is 0 Å². The SMILES string of the molecule is COc1ccc(NC(=O)C2CCCN(C(=O)C(C)(C)C)C2)cc1Cl. The Morgan fingerprint density at radius 3 is 2.62 bits per heavy atom. The number of methoxy groups -OCH3 is 1. The number of nitrogens with zero attached hydrogens (tertiary/aromatic N) is 1. The first kappa shape index (κ1) is 18.6. The molecule has 0 bridgehead atoms. The highest BCUT2D eigenvalue weighted by molar-refractivity contribution is 6.32. The van der Waals surface area contributed by atoms with E-state index in [1.807, 2.05) is 20.8 Å². The van der Waals surface area contributed by atoms with Crippen molar-refractivity contribution in [1.29, 1.82) is 0 Å². The summed E-state index contributed by atoms with van der Waals surface area (Å²) in [6.07, 6.45) is 1.62. The van der Waals surface area contributed by atoms with Gasteiger partial charge in [0.15, 0.2) is 0 Å². The molecule has 1 aliphatic heterocycles. The second-order valence-corrected chi connectivity index (χ2v) is 7.59. The molecule has 1 aromatic carbocycles. The smallest absolute Gasteiger partial charge is 0.229 e. The molecule has 1 saturated heterocycles. The van der Waals surface area contributed by atoms with Crippen molar-refractivity contribution < 1.29 is 14.3 Å². The molecule has 0 aliphatic carbocycles. The fourth-order valence-electron chi connectivity index (χ4n) is 2.84. The predicted molar refractivity (Wildman–Crippen MR) is 95.4 cm³/mol. The van der Waals surface area contributed by atoms with Crippen molar-refractivity contribution in [1.82, 2.24) is 4.90 Å². The highest BCUT2D eigenvalue weighted by atomic mass is 35.5. The number of piperidine rings is 1. The van der Waals surface area contributed by atoms with Gasteiger partial charge in [-0.2, -0.15) is 0 Å². The summed E-state index contributed by atoms with van der Waals surface area (Å²) in [4.78, 5) is 26.8. The molecule has 1 aliphatic rings. The largest absolute Gasteiger partial charge is 0.495 e. The number of hydrogen-bond acceptors (Lipinski definition) is 3. The minimum absolute atomic E-state index is 0.0809. The summed E-state index contributed by atoms with van der Waals surface area (Å²) in [7, 11) is 1.54. The molecular formula is C18H25ClN2O3. The standard InChI is InChI=1S/C18H25ClN2O3/c1-18(2,3)17(23)21-9-5-6-12(11-21)16(22)20-13-7-8-15(24-4)14(19)10-13/h7-8,10,12H,5-6,9,11H2,1-4H3,(H,20,22). The minimum atomic E-state index is -0.429. The van der Waals surface area contributed by atoms with E-state index >= 15 is 0 Å². The molecule has 0 aromatic heterocycles. The molecule has 1 unspecified atom stereocenters. The average Bonchev–Trinajstić information content (AvgIpc) is 2.53. The van der Waals surface area contributed by atoms with E-state index in [4.69, 9.17) is 16.3 Å². The number of hydrogen-bond donors (Lipinski definition) is 1. The van der Waals surface area contributed by atoms with E-state index in [-0.39, 0.29) is 17.7 Å². The first-order valence-corrected chi connectivity index (χ1v) is 8.54. The van der Waals surface area contributed by atoms with E-state index in [1.54, 1.807) is 30.2 Å². The van der Waals surface area contributed by atoms with Crippen molar-refractivity contribution in [3.05, 3.63) is 23.2 Å². The maximum Gasteiger partial charge on any atom is 0.229 e. The summed E-state index contributed by atoms with van der Waals surface area (Å²) < 4.78 is 5.10. The van der Waals surface area contributed by atoms with Crippen LogP contribution in [-0.4, -0.2) is 36.9 Å². The van der Waals surface area contributed by atoms with Crippen molar-refractivity contribution in [2.24, 2.45) is 11.3 Å². The maximum atomic E-state index is 12.5. The van der Waals surface area contributed by atoms with Crippen LogP contribution in [0.5, 0.6) is 5.75 Å². The first-order chi connectivity index (χ1) is 11.2. The zero-order chi connectivity index (χ0) is 17.9. The summed E-state index contributed by atoms with van der Waals surface area (Å²) >= 11 is 6.08. The van der Waals surface area contributed by atoms with E-state index in [1.165, 1.54) is 0 Å². The molecule has 2 rings (SSSR count). The predicted octanol–water partition coefficient (Wildman–Crippen LogP) is 3.57. The molecule has 0 spiro atoms. The molecule has 1 heterocycles. The molecule has 1 aromatic rings. The molecule has 5 nitrogen and oxygen atoms in total. The van der Waals surface area contributed by atoms with Gasteiger partial charge >= 0.3 is 0 Å². The van der Waals surface area contributed by atoms with Crippen LogP contribution in [0.3, 0.4) is 0 Å². The van der Waals surface area contributed by atoms with Crippen LogP contribution in [0.25, 0.3) is 0 Å². The van der Waals surface area contributed by atoms with Crippen molar-refractivity contribution in [2.45, 2.75) is 33.6 Å². The molecule has 1 fully saturated rings. The third kappa shape index (κ3) is 4.41. The fourth-order valence-corrected chi connectivity index (χ4v) is 3.10. The third-order valence-electron chi connectivity index (χ3n) is 4.14. The fraction of sp³-hybridized carbons (Fsp3) is 0.556. The molecule has 1 N–H and O–H groups in total. The van der Waals surface area contributed by atoms with Crippen molar-refractivity contribution >= 4 is 29.1 Å². The molecule has 24 heavy (non-hydrogen) atoms. The Morgan fingerprint density at radius 2 is 2.04 bits per heavy atom. The number of likely N-dealkylation sites (tertiary alicyclic amines) is 1. The number of benzene rings is 1. The van der Waals surface area contributed by atoms with Gasteiger partial charge in [-0.05, 0) is 31.0 Å². The lowest BCUT2D eigenvalue weighted by Crippen LogP contribution is -2.47. The molecule has 132 valence electrons. The number of carbonyl (C=O) groups is 2. The summed E-state index contributed by atoms with van der Waals surface area (Å²) in [6.45, 7) is 6.88. The van der Waals surface area contributed by atoms with Gasteiger partial charge in [-0.1, -0.05) is 32.4 Å². The van der Waals surface area contributed by atoms with E-state index in [2.05, 4.69) is 5.32 Å². The second-order valence-electron chi connectivity index (χ2n) is 7.18. The Kier molecular flexibility index (Phi) is 5.75. The normalized spacial score (nSPS) is 18.2. The maximum absolute atomic E-state index is 12.5. The monoisotopic (exact) mass is 352 g/mol. The lowest BCUT2D eigenvalue weighted by atomic mass is 9.91. The van der Waals surface area contributed by atoms with Gasteiger partial charge < -0.3 is 15.0 Å². The topological polar surface area (TPSA) is 58.6 Å². The van der Waals surface area contributed by atoms with Crippen molar-refractivity contribution in [3.8, 4) is 5.75 Å².